The van der Waals surface area contributed by atoms with Gasteiger partial charge in [-0.2, -0.15) is 0 Å². The Morgan fingerprint density at radius 3 is 2.54 bits per heavy atom. The predicted octanol–water partition coefficient (Wildman–Crippen LogP) is 4.56. The van der Waals surface area contributed by atoms with E-state index in [1.165, 1.54) is 31.2 Å². The minimum atomic E-state index is -0.0467. The molecule has 0 atom stereocenters. The number of pyridine rings is 1. The van der Waals surface area contributed by atoms with E-state index in [0.29, 0.717) is 11.7 Å². The molecule has 0 unspecified atom stereocenters. The van der Waals surface area contributed by atoms with E-state index < -0.39 is 0 Å². The van der Waals surface area contributed by atoms with Crippen molar-refractivity contribution < 1.29 is 4.79 Å². The van der Waals surface area contributed by atoms with Crippen molar-refractivity contribution in [2.75, 3.05) is 11.4 Å². The molecular formula is C22H29N3O. The van der Waals surface area contributed by atoms with Gasteiger partial charge in [-0.1, -0.05) is 56.0 Å². The molecule has 1 N–H and O–H groups in total. The van der Waals surface area contributed by atoms with Crippen molar-refractivity contribution in [3.8, 4) is 0 Å². The third kappa shape index (κ3) is 5.07. The van der Waals surface area contributed by atoms with E-state index in [1.54, 1.807) is 6.20 Å². The Morgan fingerprint density at radius 1 is 1.12 bits per heavy atom. The van der Waals surface area contributed by atoms with Gasteiger partial charge >= 0.3 is 0 Å². The molecule has 0 radical (unpaired) electrons. The Labute approximate surface area is 156 Å². The average Bonchev–Trinajstić information content (AvgIpc) is 2.95. The van der Waals surface area contributed by atoms with Crippen LogP contribution in [0.15, 0.2) is 48.7 Å². The van der Waals surface area contributed by atoms with Crippen molar-refractivity contribution in [3.05, 3.63) is 59.9 Å². The molecule has 4 nitrogen and oxygen atoms in total. The first-order valence-electron chi connectivity index (χ1n) is 9.82. The number of benzene rings is 1. The van der Waals surface area contributed by atoms with Crippen molar-refractivity contribution in [1.29, 1.82) is 0 Å². The summed E-state index contributed by atoms with van der Waals surface area (Å²) in [4.78, 5) is 19.2. The van der Waals surface area contributed by atoms with E-state index in [1.807, 2.05) is 18.2 Å². The second kappa shape index (κ2) is 9.37. The number of hydrogen-bond acceptors (Lipinski definition) is 3. The third-order valence-electron chi connectivity index (χ3n) is 5.13. The molecule has 138 valence electrons. The van der Waals surface area contributed by atoms with Gasteiger partial charge in [0.05, 0.1) is 0 Å². The van der Waals surface area contributed by atoms with Crippen LogP contribution in [0.4, 0.5) is 5.69 Å². The SMILES string of the molecule is CCN(Cc1ccccc1)c1ccnc(C(=O)NC2CCCCCC2)c1. The lowest BCUT2D eigenvalue weighted by molar-refractivity contribution is 0.0928. The molecule has 3 rings (SSSR count). The lowest BCUT2D eigenvalue weighted by atomic mass is 10.1. The Bertz CT molecular complexity index is 694. The van der Waals surface area contributed by atoms with Crippen LogP contribution in [0.1, 0.15) is 61.5 Å². The normalized spacial score (nSPS) is 15.3. The number of carbonyl (C=O) groups is 1. The minimum Gasteiger partial charge on any atom is -0.367 e. The highest BCUT2D eigenvalue weighted by atomic mass is 16.1. The molecule has 1 fully saturated rings. The zero-order valence-electron chi connectivity index (χ0n) is 15.7. The first-order chi connectivity index (χ1) is 12.8. The fourth-order valence-electron chi connectivity index (χ4n) is 3.61. The van der Waals surface area contributed by atoms with Crippen LogP contribution in [0, 0.1) is 0 Å². The Hall–Kier alpha value is -2.36. The maximum Gasteiger partial charge on any atom is 0.270 e. The van der Waals surface area contributed by atoms with Gasteiger partial charge in [-0.05, 0) is 37.5 Å². The fraction of sp³-hybridized carbons (Fsp3) is 0.455. The van der Waals surface area contributed by atoms with Gasteiger partial charge in [0, 0.05) is 31.0 Å². The quantitative estimate of drug-likeness (QED) is 0.776. The lowest BCUT2D eigenvalue weighted by Gasteiger charge is -2.24. The number of aromatic nitrogens is 1. The van der Waals surface area contributed by atoms with Crippen LogP contribution in [0.3, 0.4) is 0 Å². The minimum absolute atomic E-state index is 0.0467. The summed E-state index contributed by atoms with van der Waals surface area (Å²) in [5, 5.41) is 3.19. The Kier molecular flexibility index (Phi) is 6.64. The van der Waals surface area contributed by atoms with Crippen molar-refractivity contribution in [2.24, 2.45) is 0 Å². The molecular weight excluding hydrogens is 322 g/mol. The average molecular weight is 351 g/mol. The molecule has 2 aromatic rings. The molecule has 1 aliphatic rings. The van der Waals surface area contributed by atoms with E-state index in [9.17, 15) is 4.79 Å². The summed E-state index contributed by atoms with van der Waals surface area (Å²) in [5.41, 5.74) is 2.81. The predicted molar refractivity (Wildman–Crippen MR) is 106 cm³/mol. The van der Waals surface area contributed by atoms with Crippen molar-refractivity contribution in [2.45, 2.75) is 58.0 Å². The number of nitrogens with one attached hydrogen (secondary N) is 1. The van der Waals surface area contributed by atoms with Crippen molar-refractivity contribution in [1.82, 2.24) is 10.3 Å². The van der Waals surface area contributed by atoms with E-state index in [2.05, 4.69) is 46.4 Å². The highest BCUT2D eigenvalue weighted by molar-refractivity contribution is 5.93. The smallest absolute Gasteiger partial charge is 0.270 e. The zero-order chi connectivity index (χ0) is 18.2. The molecule has 0 saturated heterocycles. The summed E-state index contributed by atoms with van der Waals surface area (Å²) in [7, 11) is 0. The number of nitrogens with zero attached hydrogens (tertiary/aromatic N) is 2. The topological polar surface area (TPSA) is 45.2 Å². The van der Waals surface area contributed by atoms with Crippen molar-refractivity contribution >= 4 is 11.6 Å². The third-order valence-corrected chi connectivity index (χ3v) is 5.13. The van der Waals surface area contributed by atoms with Gasteiger partial charge in [0.1, 0.15) is 5.69 Å². The van der Waals surface area contributed by atoms with E-state index in [0.717, 1.165) is 31.6 Å². The number of rotatable bonds is 6. The number of hydrogen-bond donors (Lipinski definition) is 1. The van der Waals surface area contributed by atoms with Crippen LogP contribution >= 0.6 is 0 Å². The Morgan fingerprint density at radius 2 is 1.85 bits per heavy atom. The standard InChI is InChI=1S/C22H29N3O/c1-2-25(17-18-10-6-5-7-11-18)20-14-15-23-21(16-20)22(26)24-19-12-8-3-4-9-13-19/h5-7,10-11,14-16,19H,2-4,8-9,12-13,17H2,1H3,(H,24,26). The number of anilines is 1. The van der Waals surface area contributed by atoms with Crippen LogP contribution in [0.5, 0.6) is 0 Å². The summed E-state index contributed by atoms with van der Waals surface area (Å²) < 4.78 is 0. The molecule has 4 heteroatoms. The molecule has 1 heterocycles. The fourth-order valence-corrected chi connectivity index (χ4v) is 3.61. The molecule has 0 aliphatic heterocycles. The summed E-state index contributed by atoms with van der Waals surface area (Å²) in [5.74, 6) is -0.0467. The zero-order valence-corrected chi connectivity index (χ0v) is 15.7. The maximum absolute atomic E-state index is 12.7. The van der Waals surface area contributed by atoms with Gasteiger partial charge in [-0.25, -0.2) is 0 Å². The summed E-state index contributed by atoms with van der Waals surface area (Å²) in [6, 6.07) is 14.6. The molecule has 1 amide bonds. The summed E-state index contributed by atoms with van der Waals surface area (Å²) >= 11 is 0. The molecule has 26 heavy (non-hydrogen) atoms. The molecule has 1 saturated carbocycles. The van der Waals surface area contributed by atoms with E-state index in [-0.39, 0.29) is 5.91 Å². The maximum atomic E-state index is 12.7. The van der Waals surface area contributed by atoms with Gasteiger partial charge in [0.25, 0.3) is 5.91 Å². The molecule has 1 aromatic carbocycles. The summed E-state index contributed by atoms with van der Waals surface area (Å²) in [6.45, 7) is 3.84. The molecule has 1 aromatic heterocycles. The van der Waals surface area contributed by atoms with E-state index in [4.69, 9.17) is 0 Å². The van der Waals surface area contributed by atoms with Crippen LogP contribution in [0.2, 0.25) is 0 Å². The molecule has 1 aliphatic carbocycles. The number of amides is 1. The second-order valence-electron chi connectivity index (χ2n) is 7.06. The van der Waals surface area contributed by atoms with Crippen LogP contribution in [0.25, 0.3) is 0 Å². The largest absolute Gasteiger partial charge is 0.367 e. The highest BCUT2D eigenvalue weighted by Crippen LogP contribution is 2.20. The van der Waals surface area contributed by atoms with Gasteiger partial charge in [0.15, 0.2) is 0 Å². The van der Waals surface area contributed by atoms with Crippen molar-refractivity contribution in [3.63, 3.8) is 0 Å². The second-order valence-corrected chi connectivity index (χ2v) is 7.06. The molecule has 0 spiro atoms. The first kappa shape index (κ1) is 18.4. The van der Waals surface area contributed by atoms with E-state index >= 15 is 0 Å². The van der Waals surface area contributed by atoms with Crippen LogP contribution in [-0.2, 0) is 6.54 Å². The monoisotopic (exact) mass is 351 g/mol. The van der Waals surface area contributed by atoms with Gasteiger partial charge in [0.2, 0.25) is 0 Å². The lowest BCUT2D eigenvalue weighted by Crippen LogP contribution is -2.35. The summed E-state index contributed by atoms with van der Waals surface area (Å²) in [6.07, 6.45) is 8.89. The highest BCUT2D eigenvalue weighted by Gasteiger charge is 2.17. The number of carbonyl (C=O) groups excluding carboxylic acids is 1. The van der Waals surface area contributed by atoms with Gasteiger partial charge in [-0.3, -0.25) is 9.78 Å². The molecule has 0 bridgehead atoms. The van der Waals surface area contributed by atoms with Crippen LogP contribution in [-0.4, -0.2) is 23.5 Å². The Balaban J connectivity index is 1.68. The van der Waals surface area contributed by atoms with Gasteiger partial charge in [-0.15, -0.1) is 0 Å². The first-order valence-corrected chi connectivity index (χ1v) is 9.82. The van der Waals surface area contributed by atoms with Gasteiger partial charge < -0.3 is 10.2 Å². The van der Waals surface area contributed by atoms with Crippen LogP contribution < -0.4 is 10.2 Å².